The molecule has 0 saturated heterocycles. The number of nitrogens with one attached hydrogen (secondary N) is 1. The summed E-state index contributed by atoms with van der Waals surface area (Å²) in [5.41, 5.74) is 2.97. The summed E-state index contributed by atoms with van der Waals surface area (Å²) in [4.78, 5) is 2.05. The highest BCUT2D eigenvalue weighted by Crippen LogP contribution is 2.34. The minimum atomic E-state index is -0.341. The van der Waals surface area contributed by atoms with Crippen molar-refractivity contribution in [2.75, 3.05) is 14.1 Å². The molecule has 0 bridgehead atoms. The molecule has 0 aliphatic heterocycles. The third kappa shape index (κ3) is 2.83. The van der Waals surface area contributed by atoms with Crippen LogP contribution >= 0.6 is 11.6 Å². The molecule has 5 heteroatoms. The summed E-state index contributed by atoms with van der Waals surface area (Å²) in [6.45, 7) is 4.10. The lowest BCUT2D eigenvalue weighted by atomic mass is 9.83. The summed E-state index contributed by atoms with van der Waals surface area (Å²) in [5.74, 6) is 5.29. The molecule has 1 aromatic rings. The van der Waals surface area contributed by atoms with Gasteiger partial charge in [0.1, 0.15) is 5.82 Å². The summed E-state index contributed by atoms with van der Waals surface area (Å²) in [6.07, 6.45) is 0.830. The van der Waals surface area contributed by atoms with E-state index in [4.69, 9.17) is 17.4 Å². The molecule has 1 aromatic carbocycles. The second kappa shape index (κ2) is 5.97. The van der Waals surface area contributed by atoms with Crippen LogP contribution in [-0.2, 0) is 0 Å². The molecular weight excluding hydrogens is 253 g/mol. The number of halogens is 2. The lowest BCUT2D eigenvalue weighted by Crippen LogP contribution is -2.53. The molecule has 0 spiro atoms. The average Bonchev–Trinajstić information content (AvgIpc) is 2.32. The fourth-order valence-electron chi connectivity index (χ4n) is 2.12. The summed E-state index contributed by atoms with van der Waals surface area (Å²) in [7, 11) is 3.92. The van der Waals surface area contributed by atoms with Crippen molar-refractivity contribution in [3.05, 3.63) is 34.6 Å². The molecule has 0 radical (unpaired) electrons. The number of rotatable bonds is 5. The Balaban J connectivity index is 3.24. The summed E-state index contributed by atoms with van der Waals surface area (Å²) >= 11 is 5.77. The minimum absolute atomic E-state index is 0.288. The van der Waals surface area contributed by atoms with Gasteiger partial charge in [0.05, 0.1) is 6.04 Å². The molecule has 0 fully saturated rings. The van der Waals surface area contributed by atoms with Crippen LogP contribution in [0.4, 0.5) is 4.39 Å². The van der Waals surface area contributed by atoms with E-state index < -0.39 is 0 Å². The van der Waals surface area contributed by atoms with E-state index in [9.17, 15) is 4.39 Å². The Labute approximate surface area is 113 Å². The third-order valence-corrected chi connectivity index (χ3v) is 4.03. The van der Waals surface area contributed by atoms with Gasteiger partial charge in [0.25, 0.3) is 0 Å². The van der Waals surface area contributed by atoms with Crippen LogP contribution in [-0.4, -0.2) is 24.5 Å². The first-order chi connectivity index (χ1) is 8.36. The zero-order chi connectivity index (χ0) is 13.9. The van der Waals surface area contributed by atoms with Crippen molar-refractivity contribution < 1.29 is 4.39 Å². The van der Waals surface area contributed by atoms with Crippen molar-refractivity contribution in [2.24, 2.45) is 5.84 Å². The highest BCUT2D eigenvalue weighted by molar-refractivity contribution is 6.30. The van der Waals surface area contributed by atoms with Gasteiger partial charge in [-0.2, -0.15) is 0 Å². The van der Waals surface area contributed by atoms with Crippen molar-refractivity contribution in [3.8, 4) is 0 Å². The summed E-state index contributed by atoms with van der Waals surface area (Å²) in [5, 5.41) is 0.384. The fraction of sp³-hybridized carbons (Fsp3) is 0.538. The van der Waals surface area contributed by atoms with Crippen molar-refractivity contribution in [2.45, 2.75) is 31.8 Å². The van der Waals surface area contributed by atoms with Crippen LogP contribution in [0.2, 0.25) is 5.02 Å². The lowest BCUT2D eigenvalue weighted by molar-refractivity contribution is 0.111. The van der Waals surface area contributed by atoms with Gasteiger partial charge in [-0.1, -0.05) is 24.6 Å². The number of hydrogen-bond donors (Lipinski definition) is 2. The predicted octanol–water partition coefficient (Wildman–Crippen LogP) is 2.71. The topological polar surface area (TPSA) is 41.3 Å². The van der Waals surface area contributed by atoms with E-state index in [1.54, 1.807) is 12.1 Å². The highest BCUT2D eigenvalue weighted by atomic mass is 35.5. The second-order valence-corrected chi connectivity index (χ2v) is 5.31. The van der Waals surface area contributed by atoms with E-state index in [2.05, 4.69) is 12.3 Å². The molecule has 0 heterocycles. The van der Waals surface area contributed by atoms with Gasteiger partial charge in [0.2, 0.25) is 0 Å². The molecule has 0 aromatic heterocycles. The van der Waals surface area contributed by atoms with E-state index in [1.165, 1.54) is 6.07 Å². The molecule has 0 aliphatic rings. The average molecular weight is 274 g/mol. The van der Waals surface area contributed by atoms with Crippen LogP contribution in [0, 0.1) is 5.82 Å². The van der Waals surface area contributed by atoms with E-state index in [0.717, 1.165) is 6.42 Å². The quantitative estimate of drug-likeness (QED) is 0.640. The Kier molecular flexibility index (Phi) is 5.10. The number of likely N-dealkylation sites (N-methyl/N-ethyl adjacent to an activating group) is 1. The maximum Gasteiger partial charge on any atom is 0.129 e. The van der Waals surface area contributed by atoms with E-state index in [0.29, 0.717) is 10.6 Å². The minimum Gasteiger partial charge on any atom is -0.302 e. The van der Waals surface area contributed by atoms with Crippen LogP contribution < -0.4 is 11.3 Å². The Morgan fingerprint density at radius 1 is 1.50 bits per heavy atom. The Morgan fingerprint density at radius 2 is 2.11 bits per heavy atom. The Hall–Kier alpha value is -0.680. The fourth-order valence-corrected chi connectivity index (χ4v) is 2.28. The Bertz CT molecular complexity index is 411. The summed E-state index contributed by atoms with van der Waals surface area (Å²) < 4.78 is 14.0. The summed E-state index contributed by atoms with van der Waals surface area (Å²) in [6, 6.07) is 4.36. The number of hydrazine groups is 1. The molecule has 0 aliphatic carbocycles. The zero-order valence-corrected chi connectivity index (χ0v) is 12.1. The maximum absolute atomic E-state index is 14.0. The number of nitrogens with zero attached hydrogens (tertiary/aromatic N) is 1. The van der Waals surface area contributed by atoms with Crippen LogP contribution in [0.5, 0.6) is 0 Å². The first-order valence-corrected chi connectivity index (χ1v) is 6.33. The third-order valence-electron chi connectivity index (χ3n) is 3.80. The van der Waals surface area contributed by atoms with Gasteiger partial charge in [-0.05, 0) is 39.6 Å². The first kappa shape index (κ1) is 15.4. The van der Waals surface area contributed by atoms with Crippen LogP contribution in [0.15, 0.2) is 18.2 Å². The molecule has 102 valence electrons. The zero-order valence-electron chi connectivity index (χ0n) is 11.3. The SMILES string of the molecule is CCC(C)(C(NN)c1ccc(Cl)cc1F)N(C)C. The largest absolute Gasteiger partial charge is 0.302 e. The smallest absolute Gasteiger partial charge is 0.129 e. The maximum atomic E-state index is 14.0. The van der Waals surface area contributed by atoms with Gasteiger partial charge in [0.15, 0.2) is 0 Å². The molecular formula is C13H21ClFN3. The number of benzene rings is 1. The monoisotopic (exact) mass is 273 g/mol. The normalized spacial score (nSPS) is 16.7. The highest BCUT2D eigenvalue weighted by Gasteiger charge is 2.36. The van der Waals surface area contributed by atoms with Crippen LogP contribution in [0.3, 0.4) is 0 Å². The van der Waals surface area contributed by atoms with Gasteiger partial charge >= 0.3 is 0 Å². The van der Waals surface area contributed by atoms with Crippen molar-refractivity contribution in [1.82, 2.24) is 10.3 Å². The van der Waals surface area contributed by atoms with Gasteiger partial charge in [0, 0.05) is 16.1 Å². The lowest BCUT2D eigenvalue weighted by Gasteiger charge is -2.42. The van der Waals surface area contributed by atoms with Crippen molar-refractivity contribution >= 4 is 11.6 Å². The van der Waals surface area contributed by atoms with E-state index in [1.807, 2.05) is 25.9 Å². The van der Waals surface area contributed by atoms with E-state index >= 15 is 0 Å². The molecule has 0 amide bonds. The number of hydrogen-bond acceptors (Lipinski definition) is 3. The molecule has 3 nitrogen and oxygen atoms in total. The van der Waals surface area contributed by atoms with Gasteiger partial charge in [-0.25, -0.2) is 4.39 Å². The van der Waals surface area contributed by atoms with Gasteiger partial charge < -0.3 is 4.90 Å². The molecule has 2 atom stereocenters. The first-order valence-electron chi connectivity index (χ1n) is 5.95. The van der Waals surface area contributed by atoms with Crippen molar-refractivity contribution in [3.63, 3.8) is 0 Å². The second-order valence-electron chi connectivity index (χ2n) is 4.87. The molecule has 3 N–H and O–H groups in total. The van der Waals surface area contributed by atoms with Crippen LogP contribution in [0.1, 0.15) is 31.9 Å². The standard InChI is InChI=1S/C13H21ClFN3/c1-5-13(2,18(3)4)12(17-16)10-7-6-9(14)8-11(10)15/h6-8,12,17H,5,16H2,1-4H3. The van der Waals surface area contributed by atoms with Crippen molar-refractivity contribution in [1.29, 1.82) is 0 Å². The molecule has 18 heavy (non-hydrogen) atoms. The van der Waals surface area contributed by atoms with E-state index in [-0.39, 0.29) is 17.4 Å². The van der Waals surface area contributed by atoms with Gasteiger partial charge in [-0.15, -0.1) is 0 Å². The molecule has 1 rings (SSSR count). The number of nitrogens with two attached hydrogens (primary N) is 1. The Morgan fingerprint density at radius 3 is 2.50 bits per heavy atom. The van der Waals surface area contributed by atoms with Gasteiger partial charge in [-0.3, -0.25) is 11.3 Å². The molecule has 2 unspecified atom stereocenters. The molecule has 0 saturated carbocycles. The van der Waals surface area contributed by atoms with Crippen LogP contribution in [0.25, 0.3) is 0 Å². The predicted molar refractivity (Wildman–Crippen MR) is 73.9 cm³/mol.